The van der Waals surface area contributed by atoms with Gasteiger partial charge in [-0.25, -0.2) is 4.99 Å². The van der Waals surface area contributed by atoms with E-state index < -0.39 is 0 Å². The molecule has 28 heavy (non-hydrogen) atoms. The van der Waals surface area contributed by atoms with Crippen LogP contribution in [-0.4, -0.2) is 63.4 Å². The minimum Gasteiger partial charge on any atom is -0.489 e. The Morgan fingerprint density at radius 1 is 1.32 bits per heavy atom. The van der Waals surface area contributed by atoms with Gasteiger partial charge in [-0.15, -0.1) is 24.0 Å². The molecule has 0 radical (unpaired) electrons. The lowest BCUT2D eigenvalue weighted by Gasteiger charge is -2.29. The van der Waals surface area contributed by atoms with Crippen LogP contribution in [0.15, 0.2) is 41.9 Å². The van der Waals surface area contributed by atoms with Crippen LogP contribution in [0.3, 0.4) is 0 Å². The Hall–Kier alpha value is -1.32. The molecule has 1 aliphatic heterocycles. The molecule has 7 heteroatoms. The van der Waals surface area contributed by atoms with Gasteiger partial charge in [-0.2, -0.15) is 0 Å². The molecule has 1 atom stereocenters. The summed E-state index contributed by atoms with van der Waals surface area (Å²) < 4.78 is 11.1. The van der Waals surface area contributed by atoms with Crippen LogP contribution in [0.25, 0.3) is 0 Å². The van der Waals surface area contributed by atoms with Crippen molar-refractivity contribution in [3.8, 4) is 5.75 Å². The molecule has 1 saturated heterocycles. The highest BCUT2D eigenvalue weighted by molar-refractivity contribution is 14.0. The summed E-state index contributed by atoms with van der Waals surface area (Å²) in [4.78, 5) is 7.19. The highest BCUT2D eigenvalue weighted by atomic mass is 127. The third-order valence-corrected chi connectivity index (χ3v) is 4.37. The van der Waals surface area contributed by atoms with Gasteiger partial charge in [0.25, 0.3) is 0 Å². The van der Waals surface area contributed by atoms with Gasteiger partial charge in [0.2, 0.25) is 0 Å². The maximum Gasteiger partial charge on any atom is 0.191 e. The molecule has 2 rings (SSSR count). The molecule has 0 amide bonds. The largest absolute Gasteiger partial charge is 0.489 e. The van der Waals surface area contributed by atoms with E-state index in [0.717, 1.165) is 63.2 Å². The van der Waals surface area contributed by atoms with Crippen molar-refractivity contribution >= 4 is 29.9 Å². The first kappa shape index (κ1) is 24.7. The molecule has 0 saturated carbocycles. The number of ether oxygens (including phenoxy) is 2. The molecule has 0 aromatic heterocycles. The zero-order valence-electron chi connectivity index (χ0n) is 17.2. The van der Waals surface area contributed by atoms with Crippen molar-refractivity contribution in [2.75, 3.05) is 52.5 Å². The van der Waals surface area contributed by atoms with Crippen molar-refractivity contribution in [3.05, 3.63) is 42.5 Å². The molecule has 1 fully saturated rings. The second-order valence-corrected chi connectivity index (χ2v) is 6.80. The Bertz CT molecular complexity index is 592. The Balaban J connectivity index is 0.00000392. The van der Waals surface area contributed by atoms with Crippen molar-refractivity contribution < 1.29 is 9.47 Å². The van der Waals surface area contributed by atoms with Crippen LogP contribution < -0.4 is 15.4 Å². The number of hydrogen-bond donors (Lipinski definition) is 2. The van der Waals surface area contributed by atoms with E-state index in [1.807, 2.05) is 24.3 Å². The lowest BCUT2D eigenvalue weighted by molar-refractivity contribution is 0.0320. The molecule has 1 unspecified atom stereocenters. The molecule has 2 N–H and O–H groups in total. The second-order valence-electron chi connectivity index (χ2n) is 6.80. The number of rotatable bonds is 10. The van der Waals surface area contributed by atoms with Crippen LogP contribution in [-0.2, 0) is 11.3 Å². The van der Waals surface area contributed by atoms with E-state index in [4.69, 9.17) is 14.5 Å². The maximum absolute atomic E-state index is 5.72. The molecule has 1 aromatic carbocycles. The van der Waals surface area contributed by atoms with Gasteiger partial charge >= 0.3 is 0 Å². The summed E-state index contributed by atoms with van der Waals surface area (Å²) in [6.07, 6.45) is 1.75. The van der Waals surface area contributed by atoms with Crippen LogP contribution in [0.5, 0.6) is 5.75 Å². The predicted molar refractivity (Wildman–Crippen MR) is 127 cm³/mol. The Labute approximate surface area is 186 Å². The molecule has 0 aliphatic carbocycles. The smallest absolute Gasteiger partial charge is 0.191 e. The average Bonchev–Trinajstić information content (AvgIpc) is 2.70. The van der Waals surface area contributed by atoms with Crippen molar-refractivity contribution in [1.29, 1.82) is 0 Å². The fourth-order valence-electron chi connectivity index (χ4n) is 2.99. The third-order valence-electron chi connectivity index (χ3n) is 4.37. The van der Waals surface area contributed by atoms with E-state index in [2.05, 4.69) is 36.0 Å². The number of benzene rings is 1. The molecule has 1 heterocycles. The fraction of sp³-hybridized carbons (Fsp3) is 0.571. The summed E-state index contributed by atoms with van der Waals surface area (Å²) in [5, 5.41) is 6.79. The van der Waals surface area contributed by atoms with Gasteiger partial charge in [-0.1, -0.05) is 37.8 Å². The van der Waals surface area contributed by atoms with E-state index >= 15 is 0 Å². The predicted octanol–water partition coefficient (Wildman–Crippen LogP) is 2.89. The lowest BCUT2D eigenvalue weighted by Crippen LogP contribution is -2.44. The van der Waals surface area contributed by atoms with Crippen LogP contribution in [0, 0.1) is 5.92 Å². The summed E-state index contributed by atoms with van der Waals surface area (Å²) in [5.74, 6) is 2.23. The molecule has 1 aliphatic rings. The first-order valence-electron chi connectivity index (χ1n) is 9.86. The summed E-state index contributed by atoms with van der Waals surface area (Å²) in [5.41, 5.74) is 1.07. The van der Waals surface area contributed by atoms with Gasteiger partial charge in [0.1, 0.15) is 12.4 Å². The molecular formula is C21H35IN4O2. The zero-order valence-corrected chi connectivity index (χ0v) is 19.5. The van der Waals surface area contributed by atoms with Crippen molar-refractivity contribution in [3.63, 3.8) is 0 Å². The molecule has 1 aromatic rings. The number of guanidine groups is 1. The number of hydrogen-bond acceptors (Lipinski definition) is 4. The second kappa shape index (κ2) is 14.6. The van der Waals surface area contributed by atoms with Crippen molar-refractivity contribution in [2.24, 2.45) is 10.9 Å². The maximum atomic E-state index is 5.72. The monoisotopic (exact) mass is 502 g/mol. The minimum absolute atomic E-state index is 0. The van der Waals surface area contributed by atoms with Gasteiger partial charge in [-0.05, 0) is 18.9 Å². The first-order chi connectivity index (χ1) is 13.2. The van der Waals surface area contributed by atoms with Crippen LogP contribution in [0.1, 0.15) is 19.4 Å². The Kier molecular flexibility index (Phi) is 12.9. The normalized spacial score (nSPS) is 16.0. The van der Waals surface area contributed by atoms with Gasteiger partial charge in [0.15, 0.2) is 5.96 Å². The Morgan fingerprint density at radius 2 is 2.07 bits per heavy atom. The van der Waals surface area contributed by atoms with Gasteiger partial charge < -0.3 is 20.1 Å². The number of para-hydroxylation sites is 1. The van der Waals surface area contributed by atoms with Crippen molar-refractivity contribution in [1.82, 2.24) is 15.5 Å². The number of nitrogens with zero attached hydrogens (tertiary/aromatic N) is 2. The van der Waals surface area contributed by atoms with E-state index in [0.29, 0.717) is 19.1 Å². The zero-order chi connectivity index (χ0) is 19.3. The van der Waals surface area contributed by atoms with Gasteiger partial charge in [0, 0.05) is 38.3 Å². The Morgan fingerprint density at radius 3 is 2.79 bits per heavy atom. The van der Waals surface area contributed by atoms with Crippen LogP contribution in [0.2, 0.25) is 0 Å². The average molecular weight is 502 g/mol. The minimum atomic E-state index is 0. The number of aliphatic imine (C=N–C) groups is 1. The third kappa shape index (κ3) is 9.25. The first-order valence-corrected chi connectivity index (χ1v) is 9.86. The summed E-state index contributed by atoms with van der Waals surface area (Å²) >= 11 is 0. The number of halogens is 1. The molecule has 6 nitrogen and oxygen atoms in total. The molecular weight excluding hydrogens is 467 g/mol. The molecule has 0 spiro atoms. The van der Waals surface area contributed by atoms with Crippen LogP contribution in [0.4, 0.5) is 0 Å². The highest BCUT2D eigenvalue weighted by Crippen LogP contribution is 2.18. The quantitative estimate of drug-likeness (QED) is 0.223. The van der Waals surface area contributed by atoms with E-state index in [1.165, 1.54) is 0 Å². The summed E-state index contributed by atoms with van der Waals surface area (Å²) in [6, 6.07) is 8.00. The topological polar surface area (TPSA) is 58.1 Å². The van der Waals surface area contributed by atoms with Gasteiger partial charge in [-0.3, -0.25) is 4.90 Å². The summed E-state index contributed by atoms with van der Waals surface area (Å²) in [7, 11) is 0. The standard InChI is InChI=1S/C21H34N4O2.HI/c1-4-12-27-20-9-7-6-8-19(20)16-24-21(22-5-2)23-15-18(3)17-25-10-13-26-14-11-25;/h4,6-9,18H,1,5,10-17H2,2-3H3,(H2,22,23,24);1H. The lowest BCUT2D eigenvalue weighted by atomic mass is 10.1. The van der Waals surface area contributed by atoms with E-state index in [1.54, 1.807) is 6.08 Å². The summed E-state index contributed by atoms with van der Waals surface area (Å²) in [6.45, 7) is 15.7. The fourth-order valence-corrected chi connectivity index (χ4v) is 2.99. The van der Waals surface area contributed by atoms with E-state index in [-0.39, 0.29) is 24.0 Å². The van der Waals surface area contributed by atoms with E-state index in [9.17, 15) is 0 Å². The molecule has 158 valence electrons. The van der Waals surface area contributed by atoms with Crippen LogP contribution >= 0.6 is 24.0 Å². The highest BCUT2D eigenvalue weighted by Gasteiger charge is 2.14. The van der Waals surface area contributed by atoms with Crippen molar-refractivity contribution in [2.45, 2.75) is 20.4 Å². The molecule has 0 bridgehead atoms. The van der Waals surface area contributed by atoms with Gasteiger partial charge in [0.05, 0.1) is 19.8 Å². The number of nitrogens with one attached hydrogen (secondary N) is 2. The SMILES string of the molecule is C=CCOc1ccccc1CN=C(NCC)NCC(C)CN1CCOCC1.I. The number of morpholine rings is 1.